The van der Waals surface area contributed by atoms with Crippen molar-refractivity contribution in [3.8, 4) is 11.7 Å². The van der Waals surface area contributed by atoms with Gasteiger partial charge in [-0.1, -0.05) is 13.8 Å². The van der Waals surface area contributed by atoms with Gasteiger partial charge in [-0.2, -0.15) is 18.3 Å². The summed E-state index contributed by atoms with van der Waals surface area (Å²) in [4.78, 5) is 20.1. The van der Waals surface area contributed by atoms with E-state index in [1.54, 1.807) is 7.05 Å². The molecule has 11 nitrogen and oxygen atoms in total. The highest BCUT2D eigenvalue weighted by Gasteiger charge is 2.64. The highest BCUT2D eigenvalue weighted by atomic mass is 32.2. The molecule has 1 saturated heterocycles. The van der Waals surface area contributed by atoms with Crippen LogP contribution in [0.1, 0.15) is 63.0 Å². The minimum Gasteiger partial charge on any atom is -0.476 e. The Kier molecular flexibility index (Phi) is 6.90. The van der Waals surface area contributed by atoms with Crippen molar-refractivity contribution in [2.24, 2.45) is 17.9 Å². The number of nitrogens with one attached hydrogen (secondary N) is 1. The lowest BCUT2D eigenvalue weighted by atomic mass is 9.86. The monoisotopic (exact) mass is 609 g/mol. The number of rotatable bonds is 8. The molecular weight excluding hydrogens is 575 g/mol. The Morgan fingerprint density at radius 2 is 1.81 bits per heavy atom. The number of nitrogens with zero attached hydrogens (tertiary/aromatic N) is 6. The number of hydrogen-bond donors (Lipinski definition) is 1. The number of carbonyl (C=O) groups is 1. The minimum atomic E-state index is -4.35. The van der Waals surface area contributed by atoms with E-state index in [0.717, 1.165) is 6.42 Å². The molecule has 1 N–H and O–H groups in total. The zero-order valence-corrected chi connectivity index (χ0v) is 25.1. The number of amides is 1. The maximum Gasteiger partial charge on any atom is 0.397 e. The van der Waals surface area contributed by atoms with Crippen molar-refractivity contribution in [1.29, 1.82) is 0 Å². The van der Waals surface area contributed by atoms with Gasteiger partial charge in [-0.3, -0.25) is 9.48 Å². The predicted molar refractivity (Wildman–Crippen MR) is 147 cm³/mol. The van der Waals surface area contributed by atoms with Crippen molar-refractivity contribution in [3.63, 3.8) is 0 Å². The molecule has 228 valence electrons. The summed E-state index contributed by atoms with van der Waals surface area (Å²) in [5.74, 6) is -0.319. The summed E-state index contributed by atoms with van der Waals surface area (Å²) in [5.41, 5.74) is -2.11. The van der Waals surface area contributed by atoms with Gasteiger partial charge in [-0.15, -0.1) is 5.10 Å². The Bertz CT molecular complexity index is 1640. The highest BCUT2D eigenvalue weighted by Crippen LogP contribution is 2.57. The van der Waals surface area contributed by atoms with Crippen molar-refractivity contribution in [2.75, 3.05) is 18.1 Å². The molecule has 1 aliphatic carbocycles. The number of hydrogen-bond acceptors (Lipinski definition) is 8. The van der Waals surface area contributed by atoms with Gasteiger partial charge in [-0.05, 0) is 57.6 Å². The van der Waals surface area contributed by atoms with Gasteiger partial charge in [0.05, 0.1) is 11.3 Å². The van der Waals surface area contributed by atoms with E-state index in [9.17, 15) is 26.4 Å². The van der Waals surface area contributed by atoms with Gasteiger partial charge in [-0.25, -0.2) is 22.8 Å². The van der Waals surface area contributed by atoms with E-state index in [2.05, 4.69) is 28.8 Å². The van der Waals surface area contributed by atoms with Crippen LogP contribution >= 0.6 is 0 Å². The number of anilines is 1. The van der Waals surface area contributed by atoms with Crippen molar-refractivity contribution in [1.82, 2.24) is 29.3 Å². The Labute approximate surface area is 242 Å². The third-order valence-electron chi connectivity index (χ3n) is 7.82. The van der Waals surface area contributed by atoms with Crippen LogP contribution in [0.4, 0.5) is 19.0 Å². The van der Waals surface area contributed by atoms with E-state index < -0.39 is 39.7 Å². The number of halogens is 3. The van der Waals surface area contributed by atoms with Gasteiger partial charge in [0.1, 0.15) is 22.7 Å². The van der Waals surface area contributed by atoms with Gasteiger partial charge >= 0.3 is 6.18 Å². The molecule has 2 aliphatic rings. The summed E-state index contributed by atoms with van der Waals surface area (Å²) in [6.45, 7) is 9.78. The molecule has 0 spiro atoms. The highest BCUT2D eigenvalue weighted by molar-refractivity contribution is 7.90. The first kappa shape index (κ1) is 29.9. The van der Waals surface area contributed by atoms with Crippen molar-refractivity contribution >= 4 is 21.7 Å². The van der Waals surface area contributed by atoms with E-state index in [0.29, 0.717) is 6.54 Å². The molecule has 1 aliphatic heterocycles. The third kappa shape index (κ3) is 5.57. The summed E-state index contributed by atoms with van der Waals surface area (Å²) in [6, 6.07) is 4.40. The molecule has 15 heteroatoms. The first-order chi connectivity index (χ1) is 19.3. The Balaban J connectivity index is 1.47. The van der Waals surface area contributed by atoms with Crippen molar-refractivity contribution < 1.29 is 31.1 Å². The van der Waals surface area contributed by atoms with Crippen LogP contribution < -0.4 is 14.4 Å². The normalized spacial score (nSPS) is 19.1. The van der Waals surface area contributed by atoms with E-state index in [-0.39, 0.29) is 51.9 Å². The largest absolute Gasteiger partial charge is 0.476 e. The molecule has 0 aromatic carbocycles. The number of sulfonamides is 1. The predicted octanol–water partition coefficient (Wildman–Crippen LogP) is 4.16. The van der Waals surface area contributed by atoms with Crippen LogP contribution in [0.25, 0.3) is 5.82 Å². The van der Waals surface area contributed by atoms with E-state index in [1.807, 2.05) is 18.7 Å². The molecule has 42 heavy (non-hydrogen) atoms. The number of alkyl halides is 3. The van der Waals surface area contributed by atoms with Crippen LogP contribution in [-0.2, 0) is 17.1 Å². The van der Waals surface area contributed by atoms with Crippen LogP contribution in [0.5, 0.6) is 5.88 Å². The van der Waals surface area contributed by atoms with Crippen LogP contribution in [-0.4, -0.2) is 63.7 Å². The van der Waals surface area contributed by atoms with Crippen molar-refractivity contribution in [2.45, 2.75) is 70.5 Å². The fourth-order valence-electron chi connectivity index (χ4n) is 5.73. The molecule has 4 heterocycles. The molecule has 1 amide bonds. The van der Waals surface area contributed by atoms with Gasteiger partial charge in [0.25, 0.3) is 15.9 Å². The summed E-state index contributed by atoms with van der Waals surface area (Å²) < 4.78 is 76.3. The lowest BCUT2D eigenvalue weighted by Crippen LogP contribution is -2.41. The fourth-order valence-corrected chi connectivity index (χ4v) is 6.92. The number of aryl methyl sites for hydroxylation is 2. The van der Waals surface area contributed by atoms with Crippen LogP contribution in [0, 0.1) is 17.8 Å². The quantitative estimate of drug-likeness (QED) is 0.404. The van der Waals surface area contributed by atoms with Crippen LogP contribution in [0.2, 0.25) is 0 Å². The summed E-state index contributed by atoms with van der Waals surface area (Å²) in [5, 5.41) is 8.30. The molecule has 2 fully saturated rings. The molecular formula is C27H34F3N7O4S. The summed E-state index contributed by atoms with van der Waals surface area (Å²) in [6.07, 6.45) is -0.713. The van der Waals surface area contributed by atoms with E-state index in [1.165, 1.54) is 46.9 Å². The van der Waals surface area contributed by atoms with Gasteiger partial charge in [0.15, 0.2) is 5.82 Å². The zero-order valence-electron chi connectivity index (χ0n) is 24.3. The standard InChI is InChI=1S/C27H34F3N7O4S/c1-17-19(13-35(6)32-17)42(39,40)34-23(38)18-7-8-20(31-22(18)36-15-24(2,3)14-25(36,4)5)37-12-9-21(33-37)41-16-26(10-11-26)27(28,29)30/h7-9,12-13H,10-11,14-16H2,1-6H3,(H,34,38). The SMILES string of the molecule is Cc1nn(C)cc1S(=O)(=O)NC(=O)c1ccc(-n2ccc(OCC3(C(F)(F)F)CC3)n2)nc1N1CC(C)(C)CC1(C)C. The van der Waals surface area contributed by atoms with Crippen LogP contribution in [0.3, 0.4) is 0 Å². The average Bonchev–Trinajstić information content (AvgIpc) is 3.28. The molecule has 0 radical (unpaired) electrons. The average molecular weight is 610 g/mol. The van der Waals surface area contributed by atoms with Crippen LogP contribution in [0.15, 0.2) is 35.5 Å². The number of carbonyl (C=O) groups excluding carboxylic acids is 1. The first-order valence-corrected chi connectivity index (χ1v) is 14.9. The van der Waals surface area contributed by atoms with Crippen molar-refractivity contribution in [3.05, 3.63) is 41.9 Å². The summed E-state index contributed by atoms with van der Waals surface area (Å²) >= 11 is 0. The molecule has 0 atom stereocenters. The molecule has 1 saturated carbocycles. The second-order valence-electron chi connectivity index (χ2n) is 12.6. The van der Waals surface area contributed by atoms with Gasteiger partial charge in [0.2, 0.25) is 5.88 Å². The van der Waals surface area contributed by atoms with E-state index >= 15 is 0 Å². The Hall–Kier alpha value is -3.62. The van der Waals surface area contributed by atoms with E-state index in [4.69, 9.17) is 9.72 Å². The smallest absolute Gasteiger partial charge is 0.397 e. The fraction of sp³-hybridized carbons (Fsp3) is 0.556. The Morgan fingerprint density at radius 1 is 1.12 bits per heavy atom. The zero-order chi connectivity index (χ0) is 30.9. The number of aromatic nitrogens is 5. The lowest BCUT2D eigenvalue weighted by molar-refractivity contribution is -0.194. The second kappa shape index (κ2) is 9.71. The third-order valence-corrected chi connectivity index (χ3v) is 9.26. The number of pyridine rings is 1. The van der Waals surface area contributed by atoms with Gasteiger partial charge < -0.3 is 9.64 Å². The molecule has 0 bridgehead atoms. The maximum absolute atomic E-state index is 13.5. The molecule has 0 unspecified atom stereocenters. The molecule has 5 rings (SSSR count). The number of ether oxygens (including phenoxy) is 1. The van der Waals surface area contributed by atoms with Gasteiger partial charge in [0, 0.05) is 37.6 Å². The second-order valence-corrected chi connectivity index (χ2v) is 14.3. The summed E-state index contributed by atoms with van der Waals surface area (Å²) in [7, 11) is -2.65. The Morgan fingerprint density at radius 3 is 2.36 bits per heavy atom. The maximum atomic E-state index is 13.5. The minimum absolute atomic E-state index is 0.0104. The first-order valence-electron chi connectivity index (χ1n) is 13.4. The molecule has 3 aromatic rings. The topological polar surface area (TPSA) is 124 Å². The molecule has 3 aromatic heterocycles. The lowest BCUT2D eigenvalue weighted by Gasteiger charge is -2.33.